The zero-order valence-electron chi connectivity index (χ0n) is 13.8. The van der Waals surface area contributed by atoms with Gasteiger partial charge in [0.25, 0.3) is 0 Å². The zero-order valence-corrected chi connectivity index (χ0v) is 13.8. The summed E-state index contributed by atoms with van der Waals surface area (Å²) in [5.74, 6) is 0. The lowest BCUT2D eigenvalue weighted by Crippen LogP contribution is -2.47. The normalized spacial score (nSPS) is 17.7. The molecule has 1 aliphatic rings. The summed E-state index contributed by atoms with van der Waals surface area (Å²) < 4.78 is 5.60. The van der Waals surface area contributed by atoms with Gasteiger partial charge in [0, 0.05) is 44.0 Å². The minimum Gasteiger partial charge on any atom is -0.381 e. The number of benzene rings is 1. The minimum absolute atomic E-state index is 0.341. The summed E-state index contributed by atoms with van der Waals surface area (Å²) in [6.07, 6.45) is 2.31. The summed E-state index contributed by atoms with van der Waals surface area (Å²) in [6.45, 7) is 12.7. The maximum atomic E-state index is 5.60. The van der Waals surface area contributed by atoms with Gasteiger partial charge in [-0.3, -0.25) is 0 Å². The first-order chi connectivity index (χ1) is 10.2. The first-order valence-electron chi connectivity index (χ1n) is 8.29. The molecule has 21 heavy (non-hydrogen) atoms. The van der Waals surface area contributed by atoms with E-state index in [1.54, 1.807) is 0 Å². The Morgan fingerprint density at radius 1 is 1.24 bits per heavy atom. The number of aryl methyl sites for hydroxylation is 1. The molecule has 0 amide bonds. The van der Waals surface area contributed by atoms with E-state index in [4.69, 9.17) is 4.74 Å². The van der Waals surface area contributed by atoms with Crippen LogP contribution in [0.2, 0.25) is 0 Å². The third kappa shape index (κ3) is 4.45. The molecule has 0 saturated carbocycles. The molecule has 1 aliphatic heterocycles. The lowest BCUT2D eigenvalue weighted by atomic mass is 9.79. The van der Waals surface area contributed by atoms with Gasteiger partial charge in [-0.05, 0) is 50.9 Å². The quantitative estimate of drug-likeness (QED) is 0.834. The van der Waals surface area contributed by atoms with Crippen molar-refractivity contribution in [3.8, 4) is 0 Å². The molecular weight excluding hydrogens is 260 g/mol. The van der Waals surface area contributed by atoms with E-state index in [1.165, 1.54) is 11.3 Å². The molecule has 1 saturated heterocycles. The molecular formula is C18H30N2O. The average Bonchev–Trinajstić information content (AvgIpc) is 2.52. The Balaban J connectivity index is 2.12. The largest absolute Gasteiger partial charge is 0.381 e. The minimum atomic E-state index is 0.341. The zero-order chi connectivity index (χ0) is 15.1. The van der Waals surface area contributed by atoms with Crippen molar-refractivity contribution >= 4 is 5.69 Å². The number of nitrogens with one attached hydrogen (secondary N) is 1. The summed E-state index contributed by atoms with van der Waals surface area (Å²) in [7, 11) is 0. The molecule has 118 valence electrons. The Kier molecular flexibility index (Phi) is 6.07. The molecule has 3 nitrogen and oxygen atoms in total. The SMILES string of the molecule is CCNCC1(CN(CC)c2cccc(C)c2)CCOCC1. The predicted octanol–water partition coefficient (Wildman–Crippen LogP) is 3.23. The highest BCUT2D eigenvalue weighted by Gasteiger charge is 2.34. The fourth-order valence-electron chi connectivity index (χ4n) is 3.20. The predicted molar refractivity (Wildman–Crippen MR) is 90.1 cm³/mol. The molecule has 0 aromatic heterocycles. The van der Waals surface area contributed by atoms with Crippen LogP contribution in [0, 0.1) is 12.3 Å². The Bertz CT molecular complexity index is 427. The second kappa shape index (κ2) is 7.81. The summed E-state index contributed by atoms with van der Waals surface area (Å²) >= 11 is 0. The maximum Gasteiger partial charge on any atom is 0.0472 e. The molecule has 0 spiro atoms. The van der Waals surface area contributed by atoms with Crippen LogP contribution in [0.5, 0.6) is 0 Å². The van der Waals surface area contributed by atoms with E-state index in [0.29, 0.717) is 5.41 Å². The molecule has 0 unspecified atom stereocenters. The van der Waals surface area contributed by atoms with Crippen molar-refractivity contribution in [1.82, 2.24) is 5.32 Å². The molecule has 1 aromatic rings. The van der Waals surface area contributed by atoms with Crippen molar-refractivity contribution in [2.24, 2.45) is 5.41 Å². The van der Waals surface area contributed by atoms with Gasteiger partial charge in [0.15, 0.2) is 0 Å². The fraction of sp³-hybridized carbons (Fsp3) is 0.667. The van der Waals surface area contributed by atoms with Gasteiger partial charge >= 0.3 is 0 Å². The van der Waals surface area contributed by atoms with Crippen molar-refractivity contribution in [2.75, 3.05) is 44.3 Å². The first kappa shape index (κ1) is 16.3. The van der Waals surface area contributed by atoms with Crippen LogP contribution in [0.1, 0.15) is 32.3 Å². The first-order valence-corrected chi connectivity index (χ1v) is 8.29. The maximum absolute atomic E-state index is 5.60. The van der Waals surface area contributed by atoms with E-state index in [-0.39, 0.29) is 0 Å². The van der Waals surface area contributed by atoms with Gasteiger partial charge in [-0.2, -0.15) is 0 Å². The number of anilines is 1. The molecule has 1 N–H and O–H groups in total. The van der Waals surface area contributed by atoms with Gasteiger partial charge in [0.2, 0.25) is 0 Å². The van der Waals surface area contributed by atoms with Gasteiger partial charge in [0.1, 0.15) is 0 Å². The monoisotopic (exact) mass is 290 g/mol. The second-order valence-corrected chi connectivity index (χ2v) is 6.25. The van der Waals surface area contributed by atoms with Crippen molar-refractivity contribution in [3.05, 3.63) is 29.8 Å². The number of hydrogen-bond acceptors (Lipinski definition) is 3. The lowest BCUT2D eigenvalue weighted by Gasteiger charge is -2.42. The molecule has 0 bridgehead atoms. The molecule has 0 aliphatic carbocycles. The molecule has 1 heterocycles. The Morgan fingerprint density at radius 2 is 2.00 bits per heavy atom. The van der Waals surface area contributed by atoms with Crippen molar-refractivity contribution in [1.29, 1.82) is 0 Å². The fourth-order valence-corrected chi connectivity index (χ4v) is 3.20. The summed E-state index contributed by atoms with van der Waals surface area (Å²) in [6, 6.07) is 8.86. The van der Waals surface area contributed by atoms with Gasteiger partial charge in [0.05, 0.1) is 0 Å². The van der Waals surface area contributed by atoms with Gasteiger partial charge in [-0.25, -0.2) is 0 Å². The van der Waals surface area contributed by atoms with Crippen LogP contribution in [0.3, 0.4) is 0 Å². The number of nitrogens with zero attached hydrogens (tertiary/aromatic N) is 1. The van der Waals surface area contributed by atoms with Crippen LogP contribution >= 0.6 is 0 Å². The highest BCUT2D eigenvalue weighted by atomic mass is 16.5. The molecule has 2 rings (SSSR count). The number of rotatable bonds is 7. The standard InChI is InChI=1S/C18H30N2O/c1-4-19-14-18(9-11-21-12-10-18)15-20(5-2)17-8-6-7-16(3)13-17/h6-8,13,19H,4-5,9-12,14-15H2,1-3H3. The van der Waals surface area contributed by atoms with Crippen LogP contribution in [0.25, 0.3) is 0 Å². The number of ether oxygens (including phenoxy) is 1. The summed E-state index contributed by atoms with van der Waals surface area (Å²) in [5.41, 5.74) is 3.02. The topological polar surface area (TPSA) is 24.5 Å². The average molecular weight is 290 g/mol. The molecule has 0 atom stereocenters. The highest BCUT2D eigenvalue weighted by Crippen LogP contribution is 2.32. The van der Waals surface area contributed by atoms with Crippen molar-refractivity contribution in [2.45, 2.75) is 33.6 Å². The highest BCUT2D eigenvalue weighted by molar-refractivity contribution is 5.48. The van der Waals surface area contributed by atoms with Crippen LogP contribution in [0.4, 0.5) is 5.69 Å². The second-order valence-electron chi connectivity index (χ2n) is 6.25. The van der Waals surface area contributed by atoms with E-state index < -0.39 is 0 Å². The number of hydrogen-bond donors (Lipinski definition) is 1. The van der Waals surface area contributed by atoms with Crippen molar-refractivity contribution < 1.29 is 4.74 Å². The van der Waals surface area contributed by atoms with E-state index in [2.05, 4.69) is 55.3 Å². The van der Waals surface area contributed by atoms with Crippen LogP contribution in [-0.4, -0.2) is 39.4 Å². The third-order valence-corrected chi connectivity index (χ3v) is 4.58. The van der Waals surface area contributed by atoms with E-state index in [9.17, 15) is 0 Å². The third-order valence-electron chi connectivity index (χ3n) is 4.58. The lowest BCUT2D eigenvalue weighted by molar-refractivity contribution is 0.0186. The smallest absolute Gasteiger partial charge is 0.0472 e. The van der Waals surface area contributed by atoms with Crippen LogP contribution < -0.4 is 10.2 Å². The molecule has 3 heteroatoms. The van der Waals surface area contributed by atoms with E-state index >= 15 is 0 Å². The van der Waals surface area contributed by atoms with E-state index in [1.807, 2.05) is 0 Å². The van der Waals surface area contributed by atoms with Gasteiger partial charge in [-0.1, -0.05) is 19.1 Å². The molecule has 0 radical (unpaired) electrons. The van der Waals surface area contributed by atoms with Gasteiger partial charge in [-0.15, -0.1) is 0 Å². The summed E-state index contributed by atoms with van der Waals surface area (Å²) in [5, 5.41) is 3.57. The Morgan fingerprint density at radius 3 is 2.62 bits per heavy atom. The van der Waals surface area contributed by atoms with Crippen LogP contribution in [0.15, 0.2) is 24.3 Å². The Labute approximate surface area is 129 Å². The summed E-state index contributed by atoms with van der Waals surface area (Å²) in [4.78, 5) is 2.52. The van der Waals surface area contributed by atoms with Crippen molar-refractivity contribution in [3.63, 3.8) is 0 Å². The molecule has 1 fully saturated rings. The van der Waals surface area contributed by atoms with Crippen LogP contribution in [-0.2, 0) is 4.74 Å². The van der Waals surface area contributed by atoms with E-state index in [0.717, 1.165) is 52.2 Å². The Hall–Kier alpha value is -1.06. The van der Waals surface area contributed by atoms with Gasteiger partial charge < -0.3 is 15.0 Å². The molecule has 1 aromatic carbocycles.